The average molecular weight is 319 g/mol. The summed E-state index contributed by atoms with van der Waals surface area (Å²) < 4.78 is 5.39. The Balaban J connectivity index is 1.90. The van der Waals surface area contributed by atoms with Crippen LogP contribution in [-0.4, -0.2) is 24.0 Å². The van der Waals surface area contributed by atoms with Crippen molar-refractivity contribution in [1.82, 2.24) is 0 Å². The van der Waals surface area contributed by atoms with Crippen molar-refractivity contribution in [2.75, 3.05) is 11.9 Å². The molecule has 1 aromatic rings. The lowest BCUT2D eigenvalue weighted by Gasteiger charge is -2.37. The molecule has 1 aliphatic rings. The summed E-state index contributed by atoms with van der Waals surface area (Å²) in [6.07, 6.45) is 3.99. The molecule has 23 heavy (non-hydrogen) atoms. The smallest absolute Gasteiger partial charge is 0.229 e. The van der Waals surface area contributed by atoms with Crippen LogP contribution in [0.5, 0.6) is 5.75 Å². The number of hydrogen-bond donors (Lipinski definition) is 3. The van der Waals surface area contributed by atoms with Crippen LogP contribution < -0.4 is 21.5 Å². The molecule has 6 nitrogen and oxygen atoms in total. The SMILES string of the molecule is CC1(N)CCCCC1C(=O)Nc1ccc(OCCC(N)=O)cc1. The molecule has 0 aliphatic heterocycles. The van der Waals surface area contributed by atoms with Gasteiger partial charge in [0.15, 0.2) is 0 Å². The van der Waals surface area contributed by atoms with Gasteiger partial charge in [-0.2, -0.15) is 0 Å². The number of amides is 2. The van der Waals surface area contributed by atoms with Gasteiger partial charge in [0.2, 0.25) is 11.8 Å². The highest BCUT2D eigenvalue weighted by molar-refractivity contribution is 5.93. The fourth-order valence-electron chi connectivity index (χ4n) is 2.92. The number of benzene rings is 1. The molecule has 2 unspecified atom stereocenters. The molecule has 126 valence electrons. The molecule has 1 saturated carbocycles. The predicted molar refractivity (Wildman–Crippen MR) is 88.9 cm³/mol. The maximum atomic E-state index is 12.4. The quantitative estimate of drug-likeness (QED) is 0.743. The van der Waals surface area contributed by atoms with Crippen LogP contribution in [0.1, 0.15) is 39.0 Å². The van der Waals surface area contributed by atoms with Gasteiger partial charge in [0.05, 0.1) is 18.9 Å². The molecule has 0 saturated heterocycles. The van der Waals surface area contributed by atoms with E-state index in [1.807, 2.05) is 6.92 Å². The van der Waals surface area contributed by atoms with Crippen molar-refractivity contribution in [3.8, 4) is 5.75 Å². The Morgan fingerprint density at radius 2 is 2.00 bits per heavy atom. The zero-order valence-electron chi connectivity index (χ0n) is 13.5. The predicted octanol–water partition coefficient (Wildman–Crippen LogP) is 1.79. The van der Waals surface area contributed by atoms with Crippen LogP contribution in [0.3, 0.4) is 0 Å². The topological polar surface area (TPSA) is 107 Å². The van der Waals surface area contributed by atoms with Crippen molar-refractivity contribution in [2.45, 2.75) is 44.6 Å². The van der Waals surface area contributed by atoms with Crippen LogP contribution in [0.25, 0.3) is 0 Å². The molecular weight excluding hydrogens is 294 g/mol. The van der Waals surface area contributed by atoms with Crippen molar-refractivity contribution < 1.29 is 14.3 Å². The molecule has 0 radical (unpaired) electrons. The molecule has 1 fully saturated rings. The Morgan fingerprint density at radius 1 is 1.30 bits per heavy atom. The van der Waals surface area contributed by atoms with Crippen LogP contribution >= 0.6 is 0 Å². The Bertz CT molecular complexity index is 555. The van der Waals surface area contributed by atoms with Gasteiger partial charge in [-0.05, 0) is 44.0 Å². The van der Waals surface area contributed by atoms with Gasteiger partial charge in [0, 0.05) is 11.2 Å². The second kappa shape index (κ2) is 7.46. The van der Waals surface area contributed by atoms with Gasteiger partial charge in [-0.3, -0.25) is 9.59 Å². The third-order valence-electron chi connectivity index (χ3n) is 4.31. The van der Waals surface area contributed by atoms with Crippen molar-refractivity contribution in [1.29, 1.82) is 0 Å². The van der Waals surface area contributed by atoms with Gasteiger partial charge in [-0.25, -0.2) is 0 Å². The highest BCUT2D eigenvalue weighted by atomic mass is 16.5. The van der Waals surface area contributed by atoms with Gasteiger partial charge in [0.25, 0.3) is 0 Å². The van der Waals surface area contributed by atoms with E-state index in [4.69, 9.17) is 16.2 Å². The third-order valence-corrected chi connectivity index (χ3v) is 4.31. The number of nitrogens with two attached hydrogens (primary N) is 2. The minimum atomic E-state index is -0.444. The van der Waals surface area contributed by atoms with Crippen LogP contribution in [0.4, 0.5) is 5.69 Å². The Morgan fingerprint density at radius 3 is 2.61 bits per heavy atom. The highest BCUT2D eigenvalue weighted by Crippen LogP contribution is 2.32. The second-order valence-corrected chi connectivity index (χ2v) is 6.38. The van der Waals surface area contributed by atoms with Gasteiger partial charge < -0.3 is 21.5 Å². The maximum absolute atomic E-state index is 12.4. The summed E-state index contributed by atoms with van der Waals surface area (Å²) in [5, 5.41) is 2.92. The summed E-state index contributed by atoms with van der Waals surface area (Å²) in [4.78, 5) is 23.1. The number of hydrogen-bond acceptors (Lipinski definition) is 4. The molecule has 5 N–H and O–H groups in total. The fourth-order valence-corrected chi connectivity index (χ4v) is 2.92. The van der Waals surface area contributed by atoms with Crippen molar-refractivity contribution >= 4 is 17.5 Å². The molecule has 1 aromatic carbocycles. The molecule has 6 heteroatoms. The number of primary amides is 1. The number of carbonyl (C=O) groups excluding carboxylic acids is 2. The fraction of sp³-hybridized carbons (Fsp3) is 0.529. The Labute approximate surface area is 136 Å². The molecule has 1 aliphatic carbocycles. The summed E-state index contributed by atoms with van der Waals surface area (Å²) in [6, 6.07) is 7.04. The lowest BCUT2D eigenvalue weighted by Crippen LogP contribution is -2.51. The monoisotopic (exact) mass is 319 g/mol. The first-order valence-corrected chi connectivity index (χ1v) is 7.99. The Kier molecular flexibility index (Phi) is 5.60. The molecule has 2 amide bonds. The van der Waals surface area contributed by atoms with E-state index in [1.165, 1.54) is 0 Å². The molecular formula is C17H25N3O3. The molecule has 2 atom stereocenters. The summed E-state index contributed by atoms with van der Waals surface area (Å²) in [7, 11) is 0. The highest BCUT2D eigenvalue weighted by Gasteiger charge is 2.37. The number of nitrogens with one attached hydrogen (secondary N) is 1. The van der Waals surface area contributed by atoms with Crippen molar-refractivity contribution in [2.24, 2.45) is 17.4 Å². The van der Waals surface area contributed by atoms with Crippen LogP contribution in [-0.2, 0) is 9.59 Å². The van der Waals surface area contributed by atoms with Crippen LogP contribution in [0.15, 0.2) is 24.3 Å². The number of anilines is 1. The summed E-state index contributed by atoms with van der Waals surface area (Å²) >= 11 is 0. The van der Waals surface area contributed by atoms with Crippen LogP contribution in [0.2, 0.25) is 0 Å². The van der Waals surface area contributed by atoms with E-state index in [0.29, 0.717) is 11.4 Å². The van der Waals surface area contributed by atoms with E-state index < -0.39 is 11.4 Å². The minimum absolute atomic E-state index is 0.0305. The van der Waals surface area contributed by atoms with Crippen molar-refractivity contribution in [3.63, 3.8) is 0 Å². The van der Waals surface area contributed by atoms with Crippen LogP contribution in [0, 0.1) is 5.92 Å². The van der Waals surface area contributed by atoms with Gasteiger partial charge in [0.1, 0.15) is 5.75 Å². The number of rotatable bonds is 6. The lowest BCUT2D eigenvalue weighted by atomic mass is 9.74. The number of ether oxygens (including phenoxy) is 1. The minimum Gasteiger partial charge on any atom is -0.493 e. The largest absolute Gasteiger partial charge is 0.493 e. The zero-order chi connectivity index (χ0) is 16.9. The molecule has 0 bridgehead atoms. The summed E-state index contributed by atoms with van der Waals surface area (Å²) in [5.74, 6) is 0.0385. The first-order chi connectivity index (χ1) is 10.9. The first-order valence-electron chi connectivity index (χ1n) is 7.99. The first kappa shape index (κ1) is 17.3. The average Bonchev–Trinajstić information content (AvgIpc) is 2.48. The van der Waals surface area contributed by atoms with Gasteiger partial charge in [-0.15, -0.1) is 0 Å². The molecule has 2 rings (SSSR count). The Hall–Kier alpha value is -2.08. The third kappa shape index (κ3) is 4.96. The molecule has 0 spiro atoms. The van der Waals surface area contributed by atoms with E-state index in [1.54, 1.807) is 24.3 Å². The maximum Gasteiger partial charge on any atom is 0.229 e. The van der Waals surface area contributed by atoms with E-state index in [0.717, 1.165) is 25.7 Å². The second-order valence-electron chi connectivity index (χ2n) is 6.38. The standard InChI is InChI=1S/C17H25N3O3/c1-17(19)10-3-2-4-14(17)16(22)20-12-5-7-13(8-6-12)23-11-9-15(18)21/h5-8,14H,2-4,9-11,19H2,1H3,(H2,18,21)(H,20,22). The van der Waals surface area contributed by atoms with E-state index in [9.17, 15) is 9.59 Å². The zero-order valence-corrected chi connectivity index (χ0v) is 13.5. The molecule has 0 heterocycles. The van der Waals surface area contributed by atoms with Gasteiger partial charge in [-0.1, -0.05) is 12.8 Å². The van der Waals surface area contributed by atoms with Crippen molar-refractivity contribution in [3.05, 3.63) is 24.3 Å². The molecule has 0 aromatic heterocycles. The van der Waals surface area contributed by atoms with E-state index in [-0.39, 0.29) is 24.9 Å². The van der Waals surface area contributed by atoms with Gasteiger partial charge >= 0.3 is 0 Å². The van der Waals surface area contributed by atoms with E-state index >= 15 is 0 Å². The number of carbonyl (C=O) groups is 2. The van der Waals surface area contributed by atoms with E-state index in [2.05, 4.69) is 5.32 Å². The summed E-state index contributed by atoms with van der Waals surface area (Å²) in [5.41, 5.74) is 11.6. The normalized spacial score (nSPS) is 24.0. The lowest BCUT2D eigenvalue weighted by molar-refractivity contribution is -0.123. The summed E-state index contributed by atoms with van der Waals surface area (Å²) in [6.45, 7) is 2.20.